The van der Waals surface area contributed by atoms with Crippen molar-refractivity contribution in [2.75, 3.05) is 7.05 Å². The van der Waals surface area contributed by atoms with Crippen molar-refractivity contribution in [2.45, 2.75) is 50.2 Å². The van der Waals surface area contributed by atoms with Gasteiger partial charge in [0.25, 0.3) is 5.91 Å². The van der Waals surface area contributed by atoms with Gasteiger partial charge in [-0.25, -0.2) is 4.79 Å². The normalized spacial score (nSPS) is 24.1. The highest BCUT2D eigenvalue weighted by Gasteiger charge is 2.39. The summed E-state index contributed by atoms with van der Waals surface area (Å²) in [6.07, 6.45) is 1.83. The Morgan fingerprint density at radius 3 is 2.58 bits per heavy atom. The molecule has 1 saturated carbocycles. The molecule has 5 rings (SSSR count). The second-order valence-electron chi connectivity index (χ2n) is 8.93. The van der Waals surface area contributed by atoms with Crippen LogP contribution in [-0.4, -0.2) is 52.7 Å². The Bertz CT molecular complexity index is 1130. The molecule has 3 aliphatic rings. The van der Waals surface area contributed by atoms with E-state index in [4.69, 9.17) is 4.74 Å². The molecule has 170 valence electrons. The van der Waals surface area contributed by atoms with E-state index in [0.717, 1.165) is 18.4 Å². The molecule has 8 nitrogen and oxygen atoms in total. The number of fused-ring (bicyclic) bond motifs is 1. The summed E-state index contributed by atoms with van der Waals surface area (Å²) in [6.45, 7) is 0.289. The maximum Gasteiger partial charge on any atom is 0.415 e. The molecule has 0 aromatic heterocycles. The molecule has 0 spiro atoms. The van der Waals surface area contributed by atoms with Crippen molar-refractivity contribution in [3.05, 3.63) is 65.2 Å². The fraction of sp³-hybridized carbons (Fsp3) is 0.360. The van der Waals surface area contributed by atoms with Gasteiger partial charge in [0.05, 0.1) is 0 Å². The maximum atomic E-state index is 12.9. The Labute approximate surface area is 191 Å². The Balaban J connectivity index is 1.21. The van der Waals surface area contributed by atoms with Crippen LogP contribution < -0.4 is 10.1 Å². The summed E-state index contributed by atoms with van der Waals surface area (Å²) in [5.41, 5.74) is 2.47. The Morgan fingerprint density at radius 2 is 1.85 bits per heavy atom. The Kier molecular flexibility index (Phi) is 5.36. The van der Waals surface area contributed by atoms with Gasteiger partial charge < -0.3 is 14.5 Å². The van der Waals surface area contributed by atoms with Gasteiger partial charge in [0.2, 0.25) is 11.8 Å². The monoisotopic (exact) mass is 447 g/mol. The molecule has 1 unspecified atom stereocenters. The SMILES string of the molecule is CN(C(=O)Oc1ccc2c(c1)C(=O)N(C1CCC(=O)NC1=O)C2)C1CC(c2ccccc2)C1. The van der Waals surface area contributed by atoms with Gasteiger partial charge in [-0.05, 0) is 48.4 Å². The Hall–Kier alpha value is -3.68. The molecule has 1 atom stereocenters. The van der Waals surface area contributed by atoms with Crippen LogP contribution in [0.1, 0.15) is 53.1 Å². The first-order chi connectivity index (χ1) is 15.9. The first-order valence-electron chi connectivity index (χ1n) is 11.2. The van der Waals surface area contributed by atoms with Crippen LogP contribution in [-0.2, 0) is 16.1 Å². The smallest absolute Gasteiger partial charge is 0.410 e. The van der Waals surface area contributed by atoms with Crippen molar-refractivity contribution in [3.63, 3.8) is 0 Å². The summed E-state index contributed by atoms with van der Waals surface area (Å²) in [6, 6.07) is 14.7. The van der Waals surface area contributed by atoms with E-state index in [2.05, 4.69) is 17.4 Å². The van der Waals surface area contributed by atoms with E-state index >= 15 is 0 Å². The first-order valence-corrected chi connectivity index (χ1v) is 11.2. The summed E-state index contributed by atoms with van der Waals surface area (Å²) in [4.78, 5) is 52.3. The third-order valence-electron chi connectivity index (χ3n) is 6.92. The highest BCUT2D eigenvalue weighted by molar-refractivity contribution is 6.05. The van der Waals surface area contributed by atoms with Crippen molar-refractivity contribution >= 4 is 23.8 Å². The summed E-state index contributed by atoms with van der Waals surface area (Å²) in [5.74, 6) is -0.323. The lowest BCUT2D eigenvalue weighted by atomic mass is 9.75. The molecule has 33 heavy (non-hydrogen) atoms. The lowest BCUT2D eigenvalue weighted by molar-refractivity contribution is -0.136. The number of carbonyl (C=O) groups is 4. The van der Waals surface area contributed by atoms with Crippen molar-refractivity contribution in [1.82, 2.24) is 15.1 Å². The van der Waals surface area contributed by atoms with E-state index in [-0.39, 0.29) is 30.8 Å². The van der Waals surface area contributed by atoms with Gasteiger partial charge in [0.1, 0.15) is 11.8 Å². The van der Waals surface area contributed by atoms with Gasteiger partial charge in [-0.15, -0.1) is 0 Å². The number of ether oxygens (including phenoxy) is 1. The number of imide groups is 1. The van der Waals surface area contributed by atoms with E-state index in [1.807, 2.05) is 18.2 Å². The zero-order chi connectivity index (χ0) is 23.1. The minimum atomic E-state index is -0.670. The van der Waals surface area contributed by atoms with E-state index in [1.54, 1.807) is 30.1 Å². The number of nitrogens with one attached hydrogen (secondary N) is 1. The third-order valence-corrected chi connectivity index (χ3v) is 6.92. The average Bonchev–Trinajstić information content (AvgIpc) is 3.09. The second-order valence-corrected chi connectivity index (χ2v) is 8.93. The van der Waals surface area contributed by atoms with Crippen LogP contribution in [0.5, 0.6) is 5.75 Å². The topological polar surface area (TPSA) is 96.0 Å². The number of hydrogen-bond donors (Lipinski definition) is 1. The molecule has 1 N–H and O–H groups in total. The van der Waals surface area contributed by atoms with E-state index in [1.165, 1.54) is 10.5 Å². The lowest BCUT2D eigenvalue weighted by Gasteiger charge is -2.40. The molecular weight excluding hydrogens is 422 g/mol. The van der Waals surface area contributed by atoms with Crippen LogP contribution in [0.3, 0.4) is 0 Å². The predicted molar refractivity (Wildman–Crippen MR) is 118 cm³/mol. The van der Waals surface area contributed by atoms with Gasteiger partial charge >= 0.3 is 6.09 Å². The zero-order valence-corrected chi connectivity index (χ0v) is 18.3. The predicted octanol–water partition coefficient (Wildman–Crippen LogP) is 2.82. The summed E-state index contributed by atoms with van der Waals surface area (Å²) >= 11 is 0. The Morgan fingerprint density at radius 1 is 1.09 bits per heavy atom. The molecule has 2 aliphatic heterocycles. The maximum absolute atomic E-state index is 12.9. The van der Waals surface area contributed by atoms with E-state index < -0.39 is 18.0 Å². The molecule has 2 fully saturated rings. The molecule has 8 heteroatoms. The van der Waals surface area contributed by atoms with Crippen LogP contribution in [0.15, 0.2) is 48.5 Å². The molecule has 4 amide bonds. The molecule has 0 radical (unpaired) electrons. The van der Waals surface area contributed by atoms with Crippen LogP contribution >= 0.6 is 0 Å². The fourth-order valence-electron chi connectivity index (χ4n) is 4.82. The van der Waals surface area contributed by atoms with E-state index in [0.29, 0.717) is 23.7 Å². The highest BCUT2D eigenvalue weighted by atomic mass is 16.6. The van der Waals surface area contributed by atoms with Gasteiger partial charge in [0, 0.05) is 31.6 Å². The average molecular weight is 447 g/mol. The number of carbonyl (C=O) groups excluding carboxylic acids is 4. The number of hydrogen-bond acceptors (Lipinski definition) is 5. The van der Waals surface area contributed by atoms with Gasteiger partial charge in [-0.1, -0.05) is 36.4 Å². The molecular formula is C25H25N3O5. The number of rotatable bonds is 4. The van der Waals surface area contributed by atoms with Crippen LogP contribution in [0.2, 0.25) is 0 Å². The lowest BCUT2D eigenvalue weighted by Crippen LogP contribution is -2.52. The standard InChI is InChI=1S/C25H25N3O5/c1-27(18-11-17(12-18)15-5-3-2-4-6-15)25(32)33-19-8-7-16-14-28(24(31)20(16)13-19)21-9-10-22(29)26-23(21)30/h2-8,13,17-18,21H,9-12,14H2,1H3,(H,26,29,30). The minimum Gasteiger partial charge on any atom is -0.410 e. The molecule has 1 aliphatic carbocycles. The minimum absolute atomic E-state index is 0.113. The quantitative estimate of drug-likeness (QED) is 0.727. The van der Waals surface area contributed by atoms with Crippen molar-refractivity contribution in [1.29, 1.82) is 0 Å². The fourth-order valence-corrected chi connectivity index (χ4v) is 4.82. The zero-order valence-electron chi connectivity index (χ0n) is 18.3. The van der Waals surface area contributed by atoms with Gasteiger partial charge in [-0.2, -0.15) is 0 Å². The number of benzene rings is 2. The number of amides is 4. The molecule has 2 heterocycles. The molecule has 2 aromatic carbocycles. The van der Waals surface area contributed by atoms with Gasteiger partial charge in [-0.3, -0.25) is 19.7 Å². The van der Waals surface area contributed by atoms with Crippen molar-refractivity contribution < 1.29 is 23.9 Å². The van der Waals surface area contributed by atoms with Crippen LogP contribution in [0.4, 0.5) is 4.79 Å². The number of nitrogens with zero attached hydrogens (tertiary/aromatic N) is 2. The third kappa shape index (κ3) is 3.97. The van der Waals surface area contributed by atoms with Crippen LogP contribution in [0, 0.1) is 0 Å². The first kappa shape index (κ1) is 21.2. The summed E-state index contributed by atoms with van der Waals surface area (Å²) in [5, 5.41) is 2.29. The van der Waals surface area contributed by atoms with Crippen LogP contribution in [0.25, 0.3) is 0 Å². The molecule has 2 aromatic rings. The van der Waals surface area contributed by atoms with Gasteiger partial charge in [0.15, 0.2) is 0 Å². The highest BCUT2D eigenvalue weighted by Crippen LogP contribution is 2.39. The van der Waals surface area contributed by atoms with Crippen molar-refractivity contribution in [3.8, 4) is 5.75 Å². The largest absolute Gasteiger partial charge is 0.415 e. The van der Waals surface area contributed by atoms with E-state index in [9.17, 15) is 19.2 Å². The summed E-state index contributed by atoms with van der Waals surface area (Å²) in [7, 11) is 1.73. The molecule has 0 bridgehead atoms. The van der Waals surface area contributed by atoms with Crippen molar-refractivity contribution in [2.24, 2.45) is 0 Å². The molecule has 1 saturated heterocycles. The second kappa shape index (κ2) is 8.35. The summed E-state index contributed by atoms with van der Waals surface area (Å²) < 4.78 is 5.56. The number of piperidine rings is 1.